The molecule has 5 N–H and O–H groups in total. The molecule has 0 aromatic heterocycles. The van der Waals surface area contributed by atoms with E-state index in [1.165, 1.54) is 37.1 Å². The lowest BCUT2D eigenvalue weighted by Gasteiger charge is -2.44. The third-order valence-corrected chi connectivity index (χ3v) is 8.80. The minimum Gasteiger partial charge on any atom is -0.507 e. The van der Waals surface area contributed by atoms with Crippen LogP contribution in [0.1, 0.15) is 75.8 Å². The Morgan fingerprint density at radius 3 is 2.47 bits per heavy atom. The van der Waals surface area contributed by atoms with Gasteiger partial charge in [-0.05, 0) is 19.9 Å². The molecule has 0 unspecified atom stereocenters. The molecule has 3 aliphatic rings. The Kier molecular flexibility index (Phi) is 8.43. The lowest BCUT2D eigenvalue weighted by molar-refractivity contribution is -0.258. The van der Waals surface area contributed by atoms with Crippen molar-refractivity contribution in [3.63, 3.8) is 0 Å². The van der Waals surface area contributed by atoms with E-state index >= 15 is 0 Å². The monoisotopic (exact) mass is 624 g/mol. The van der Waals surface area contributed by atoms with Crippen LogP contribution < -0.4 is 4.74 Å². The number of rotatable bonds is 8. The van der Waals surface area contributed by atoms with Gasteiger partial charge in [-0.1, -0.05) is 12.1 Å². The van der Waals surface area contributed by atoms with Gasteiger partial charge in [-0.3, -0.25) is 24.1 Å². The van der Waals surface area contributed by atoms with Crippen LogP contribution in [0, 0.1) is 11.3 Å². The van der Waals surface area contributed by atoms with Crippen molar-refractivity contribution in [1.29, 1.82) is 5.26 Å². The van der Waals surface area contributed by atoms with Gasteiger partial charge >= 0.3 is 5.97 Å². The van der Waals surface area contributed by atoms with Gasteiger partial charge in [0.25, 0.3) is 0 Å². The zero-order valence-corrected chi connectivity index (χ0v) is 24.6. The summed E-state index contributed by atoms with van der Waals surface area (Å²) in [4.78, 5) is 52.8. The molecule has 6 atom stereocenters. The van der Waals surface area contributed by atoms with Gasteiger partial charge in [0.1, 0.15) is 22.8 Å². The Morgan fingerprint density at radius 1 is 1.16 bits per heavy atom. The average molecular weight is 625 g/mol. The number of carbonyl (C=O) groups excluding carboxylic acids is 3. The number of Topliss-reactive ketones (excluding diaryl/α,β-unsaturated/α-hetero) is 1. The molecule has 14 nitrogen and oxygen atoms in total. The maximum Gasteiger partial charge on any atom is 0.317 e. The number of fused-ring (bicyclic) bond motifs is 3. The Bertz CT molecular complexity index is 1650. The predicted octanol–water partition coefficient (Wildman–Crippen LogP) is 0.980. The summed E-state index contributed by atoms with van der Waals surface area (Å²) in [6.07, 6.45) is -5.87. The van der Waals surface area contributed by atoms with Gasteiger partial charge in [0.15, 0.2) is 17.9 Å². The van der Waals surface area contributed by atoms with Gasteiger partial charge in [0.05, 0.1) is 61.3 Å². The summed E-state index contributed by atoms with van der Waals surface area (Å²) in [7, 11) is 1.31. The van der Waals surface area contributed by atoms with E-state index in [0.29, 0.717) is 0 Å². The van der Waals surface area contributed by atoms with Crippen molar-refractivity contribution < 1.29 is 58.9 Å². The topological polar surface area (TPSA) is 224 Å². The van der Waals surface area contributed by atoms with Crippen LogP contribution in [0.25, 0.3) is 0 Å². The highest BCUT2D eigenvalue weighted by atomic mass is 16.7. The van der Waals surface area contributed by atoms with Crippen molar-refractivity contribution in [2.45, 2.75) is 69.4 Å². The molecule has 14 heteroatoms. The van der Waals surface area contributed by atoms with Crippen molar-refractivity contribution in [2.24, 2.45) is 0 Å². The SMILES string of the molecule is COc1cccc2c1C(=O)c1c(O)c3c(c(O)c1C2=O)C[C@@](O)(C(C)=O)C[C@@H]3O[C@H]1C[C@H](N(CC#N)CC(=O)O)[C@H](O)[C@H](C)O1. The summed E-state index contributed by atoms with van der Waals surface area (Å²) < 4.78 is 17.3. The number of nitriles is 1. The fourth-order valence-electron chi connectivity index (χ4n) is 6.52. The number of aromatic hydroxyl groups is 2. The Hall–Kier alpha value is -4.39. The number of nitrogens with zero attached hydrogens (tertiary/aromatic N) is 2. The number of aliphatic hydroxyl groups excluding tert-OH is 1. The van der Waals surface area contributed by atoms with Crippen molar-refractivity contribution in [3.8, 4) is 23.3 Å². The highest BCUT2D eigenvalue weighted by molar-refractivity contribution is 6.31. The number of phenols is 2. The van der Waals surface area contributed by atoms with Crippen LogP contribution in [-0.2, 0) is 25.5 Å². The van der Waals surface area contributed by atoms with Crippen molar-refractivity contribution in [3.05, 3.63) is 51.6 Å². The van der Waals surface area contributed by atoms with Crippen LogP contribution in [0.5, 0.6) is 17.2 Å². The second-order valence-corrected chi connectivity index (χ2v) is 11.5. The summed E-state index contributed by atoms with van der Waals surface area (Å²) >= 11 is 0. The number of phenolic OH excluding ortho intramolecular Hbond substituents is 2. The molecule has 0 saturated carbocycles. The normalized spacial score (nSPS) is 27.3. The second kappa shape index (κ2) is 11.8. The first-order valence-electron chi connectivity index (χ1n) is 14.2. The Morgan fingerprint density at radius 2 is 1.84 bits per heavy atom. The number of carbonyl (C=O) groups is 4. The Labute approximate surface area is 257 Å². The zero-order chi connectivity index (χ0) is 33.0. The number of ether oxygens (including phenoxy) is 3. The summed E-state index contributed by atoms with van der Waals surface area (Å²) in [5.41, 5.74) is -3.60. The molecule has 238 valence electrons. The van der Waals surface area contributed by atoms with Crippen LogP contribution in [0.15, 0.2) is 18.2 Å². The Balaban J connectivity index is 1.61. The van der Waals surface area contributed by atoms with Crippen LogP contribution >= 0.6 is 0 Å². The first-order chi connectivity index (χ1) is 21.2. The predicted molar refractivity (Wildman–Crippen MR) is 151 cm³/mol. The molecule has 1 aliphatic heterocycles. The summed E-state index contributed by atoms with van der Waals surface area (Å²) in [5, 5.41) is 63.9. The van der Waals surface area contributed by atoms with E-state index in [2.05, 4.69) is 0 Å². The molecule has 1 saturated heterocycles. The number of aliphatic carboxylic acids is 1. The number of carboxylic acid groups (broad SMARTS) is 1. The fourth-order valence-corrected chi connectivity index (χ4v) is 6.52. The first kappa shape index (κ1) is 32.0. The number of hydrogen-bond acceptors (Lipinski definition) is 13. The second-order valence-electron chi connectivity index (χ2n) is 11.5. The minimum atomic E-state index is -2.12. The molecule has 5 rings (SSSR count). The van der Waals surface area contributed by atoms with E-state index in [-0.39, 0.29) is 41.0 Å². The zero-order valence-electron chi connectivity index (χ0n) is 24.6. The third-order valence-electron chi connectivity index (χ3n) is 8.80. The highest BCUT2D eigenvalue weighted by Gasteiger charge is 2.50. The van der Waals surface area contributed by atoms with Gasteiger partial charge in [0, 0.05) is 42.0 Å². The summed E-state index contributed by atoms with van der Waals surface area (Å²) in [5.74, 6) is -4.82. The molecule has 0 radical (unpaired) electrons. The number of methoxy groups -OCH3 is 1. The van der Waals surface area contributed by atoms with Gasteiger partial charge in [-0.25, -0.2) is 0 Å². The number of benzene rings is 2. The average Bonchev–Trinajstić information content (AvgIpc) is 2.98. The smallest absolute Gasteiger partial charge is 0.317 e. The molecule has 2 aliphatic carbocycles. The van der Waals surface area contributed by atoms with Crippen LogP contribution in [0.3, 0.4) is 0 Å². The van der Waals surface area contributed by atoms with E-state index in [0.717, 1.165) is 6.92 Å². The van der Waals surface area contributed by atoms with Gasteiger partial charge in [-0.2, -0.15) is 5.26 Å². The van der Waals surface area contributed by atoms with E-state index in [1.807, 2.05) is 6.07 Å². The van der Waals surface area contributed by atoms with Crippen molar-refractivity contribution in [1.82, 2.24) is 4.90 Å². The number of hydrogen-bond donors (Lipinski definition) is 5. The largest absolute Gasteiger partial charge is 0.507 e. The molecular weight excluding hydrogens is 592 g/mol. The van der Waals surface area contributed by atoms with E-state index < -0.39 is 102 Å². The van der Waals surface area contributed by atoms with Crippen LogP contribution in [-0.4, -0.2) is 104 Å². The number of ketones is 3. The third kappa shape index (κ3) is 5.32. The molecule has 0 bridgehead atoms. The van der Waals surface area contributed by atoms with E-state index in [9.17, 15) is 50.0 Å². The molecule has 1 fully saturated rings. The van der Waals surface area contributed by atoms with E-state index in [1.54, 1.807) is 0 Å². The van der Waals surface area contributed by atoms with Gasteiger partial charge < -0.3 is 39.7 Å². The van der Waals surface area contributed by atoms with Gasteiger partial charge in [0.2, 0.25) is 5.78 Å². The molecule has 1 heterocycles. The van der Waals surface area contributed by atoms with Crippen LogP contribution in [0.4, 0.5) is 0 Å². The lowest BCUT2D eigenvalue weighted by atomic mass is 9.72. The molecule has 45 heavy (non-hydrogen) atoms. The fraction of sp³-hybridized carbons (Fsp3) is 0.452. The van der Waals surface area contributed by atoms with Crippen molar-refractivity contribution >= 4 is 23.3 Å². The molecule has 0 amide bonds. The minimum absolute atomic E-state index is 0.0654. The van der Waals surface area contributed by atoms with E-state index in [4.69, 9.17) is 14.2 Å². The summed E-state index contributed by atoms with van der Waals surface area (Å²) in [6.45, 7) is 1.75. The van der Waals surface area contributed by atoms with Gasteiger partial charge in [-0.15, -0.1) is 0 Å². The molecular formula is C31H32N2O12. The standard InChI is InChI=1S/C31H32N2O12/c1-13-26(37)17(33(8-7-32)12-20(35)36)9-21(44-13)45-19-11-31(42,14(2)34)10-16-23(19)30(41)25-24(28(16)39)27(38)15-5-4-6-18(43-3)22(15)29(25)40/h4-6,13,17,19,21,26,37,39,41-42H,8-12H2,1-3H3,(H,35,36)/t13-,17-,19-,21-,26+,31-/m0/s1. The van der Waals surface area contributed by atoms with Crippen molar-refractivity contribution in [2.75, 3.05) is 20.2 Å². The highest BCUT2D eigenvalue weighted by Crippen LogP contribution is 2.52. The lowest BCUT2D eigenvalue weighted by Crippen LogP contribution is -2.56. The molecule has 2 aromatic rings. The molecule has 0 spiro atoms. The molecule has 2 aromatic carbocycles. The number of aliphatic hydroxyl groups is 2. The maximum absolute atomic E-state index is 13.8. The summed E-state index contributed by atoms with van der Waals surface area (Å²) in [6, 6.07) is 5.29. The maximum atomic E-state index is 13.8. The number of carboxylic acids is 1. The quantitative estimate of drug-likeness (QED) is 0.174. The first-order valence-corrected chi connectivity index (χ1v) is 14.2. The van der Waals surface area contributed by atoms with Crippen LogP contribution in [0.2, 0.25) is 0 Å².